The number of fused-ring (bicyclic) bond motifs is 11. The minimum Gasteiger partial charge on any atom is -0.456 e. The third-order valence-electron chi connectivity index (χ3n) is 12.3. The highest BCUT2D eigenvalue weighted by atomic mass is 16.3. The lowest BCUT2D eigenvalue weighted by Crippen LogP contribution is -1.97. The van der Waals surface area contributed by atoms with Crippen LogP contribution >= 0.6 is 0 Å². The molecule has 0 aliphatic heterocycles. The molecule has 9 aromatic carbocycles. The van der Waals surface area contributed by atoms with Crippen molar-refractivity contribution >= 4 is 76.5 Å². The van der Waals surface area contributed by atoms with E-state index in [1.807, 2.05) is 24.3 Å². The molecular formula is C56H34N4O. The lowest BCUT2D eigenvalue weighted by molar-refractivity contribution is 0.669. The number of nitrogens with zero attached hydrogens (tertiary/aromatic N) is 4. The molecule has 0 amide bonds. The van der Waals surface area contributed by atoms with Crippen molar-refractivity contribution < 1.29 is 4.42 Å². The molecule has 0 unspecified atom stereocenters. The monoisotopic (exact) mass is 778 g/mol. The first-order chi connectivity index (χ1) is 30.2. The third-order valence-corrected chi connectivity index (χ3v) is 12.3. The van der Waals surface area contributed by atoms with Crippen molar-refractivity contribution in [1.29, 1.82) is 0 Å². The maximum absolute atomic E-state index is 6.53. The zero-order valence-corrected chi connectivity index (χ0v) is 32.8. The van der Waals surface area contributed by atoms with Gasteiger partial charge in [-0.25, -0.2) is 9.97 Å². The van der Waals surface area contributed by atoms with Crippen LogP contribution in [0.3, 0.4) is 0 Å². The summed E-state index contributed by atoms with van der Waals surface area (Å²) >= 11 is 0. The Labute approximate surface area is 350 Å². The van der Waals surface area contributed by atoms with Gasteiger partial charge in [-0.05, 0) is 77.9 Å². The van der Waals surface area contributed by atoms with Gasteiger partial charge in [-0.15, -0.1) is 0 Å². The van der Waals surface area contributed by atoms with Crippen LogP contribution < -0.4 is 0 Å². The normalized spacial score (nSPS) is 11.9. The molecule has 5 nitrogen and oxygen atoms in total. The second-order valence-electron chi connectivity index (χ2n) is 15.7. The second-order valence-corrected chi connectivity index (χ2v) is 15.7. The average molecular weight is 779 g/mol. The van der Waals surface area contributed by atoms with Crippen molar-refractivity contribution in [1.82, 2.24) is 19.1 Å². The van der Waals surface area contributed by atoms with Gasteiger partial charge in [0, 0.05) is 66.3 Å². The van der Waals surface area contributed by atoms with Gasteiger partial charge in [0.25, 0.3) is 0 Å². The number of furan rings is 1. The van der Waals surface area contributed by atoms with Gasteiger partial charge in [-0.1, -0.05) is 133 Å². The Bertz CT molecular complexity index is 3860. The molecule has 0 bridgehead atoms. The summed E-state index contributed by atoms with van der Waals surface area (Å²) in [6.07, 6.45) is 0. The molecule has 4 aromatic heterocycles. The average Bonchev–Trinajstić information content (AvgIpc) is 3.98. The molecule has 0 aliphatic carbocycles. The Hall–Kier alpha value is -8.28. The van der Waals surface area contributed by atoms with E-state index < -0.39 is 0 Å². The zero-order chi connectivity index (χ0) is 40.0. The first kappa shape index (κ1) is 33.7. The summed E-state index contributed by atoms with van der Waals surface area (Å²) in [5.41, 5.74) is 14.7. The molecule has 0 aliphatic rings. The highest BCUT2D eigenvalue weighted by molar-refractivity contribution is 6.27. The largest absolute Gasteiger partial charge is 0.456 e. The SMILES string of the molecule is c1ccc(-c2cccc(-n3c4cc5oc6ccccc6c5cc4c4ccc5c(c6ccccc6n5-c5ccc(-c6nc(-c7ccccc7)c7ccccc7n6)cc5)c43)c2)cc1. The van der Waals surface area contributed by atoms with Gasteiger partial charge in [0.15, 0.2) is 5.82 Å². The highest BCUT2D eigenvalue weighted by Crippen LogP contribution is 2.44. The molecule has 13 rings (SSSR count). The lowest BCUT2D eigenvalue weighted by atomic mass is 10.0. The molecule has 0 N–H and O–H groups in total. The van der Waals surface area contributed by atoms with E-state index in [1.165, 1.54) is 38.2 Å². The Kier molecular flexibility index (Phi) is 7.24. The van der Waals surface area contributed by atoms with Crippen molar-refractivity contribution in [2.45, 2.75) is 0 Å². The van der Waals surface area contributed by atoms with Crippen LogP contribution in [0, 0.1) is 0 Å². The van der Waals surface area contributed by atoms with Crippen LogP contribution in [-0.4, -0.2) is 19.1 Å². The molecule has 0 atom stereocenters. The fourth-order valence-electron chi connectivity index (χ4n) is 9.56. The Balaban J connectivity index is 1.05. The molecule has 4 heterocycles. The van der Waals surface area contributed by atoms with Crippen LogP contribution in [0.1, 0.15) is 0 Å². The maximum Gasteiger partial charge on any atom is 0.160 e. The minimum absolute atomic E-state index is 0.703. The summed E-state index contributed by atoms with van der Waals surface area (Å²) in [5.74, 6) is 0.703. The summed E-state index contributed by atoms with van der Waals surface area (Å²) in [6.45, 7) is 0. The van der Waals surface area contributed by atoms with Crippen molar-refractivity contribution in [3.8, 4) is 45.1 Å². The lowest BCUT2D eigenvalue weighted by Gasteiger charge is -2.12. The molecule has 0 saturated carbocycles. The number of benzene rings is 9. The fourth-order valence-corrected chi connectivity index (χ4v) is 9.56. The standard InChI is InChI=1S/C56H34N4O/c1-3-14-35(15-4-1)38-18-13-19-40(32-38)60-50-34-52-46(41-20-9-12-25-51(41)61-52)33-45(50)42-30-31-49-53(55(42)60)44-22-8-11-24-48(44)59(49)39-28-26-37(27-29-39)56-57-47-23-10-7-21-43(47)54(58-56)36-16-5-2-6-17-36/h1-34H. The third kappa shape index (κ3) is 5.14. The van der Waals surface area contributed by atoms with E-state index >= 15 is 0 Å². The van der Waals surface area contributed by atoms with Crippen molar-refractivity contribution in [2.75, 3.05) is 0 Å². The van der Waals surface area contributed by atoms with Crippen LogP contribution in [0.2, 0.25) is 0 Å². The first-order valence-electron chi connectivity index (χ1n) is 20.7. The van der Waals surface area contributed by atoms with E-state index in [0.717, 1.165) is 77.6 Å². The minimum atomic E-state index is 0.703. The molecule has 0 spiro atoms. The van der Waals surface area contributed by atoms with E-state index in [0.29, 0.717) is 5.82 Å². The fraction of sp³-hybridized carbons (Fsp3) is 0. The van der Waals surface area contributed by atoms with E-state index in [4.69, 9.17) is 14.4 Å². The molecule has 13 aromatic rings. The van der Waals surface area contributed by atoms with Crippen LogP contribution in [-0.2, 0) is 0 Å². The summed E-state index contributed by atoms with van der Waals surface area (Å²) < 4.78 is 11.4. The predicted octanol–water partition coefficient (Wildman–Crippen LogP) is 14.7. The molecule has 61 heavy (non-hydrogen) atoms. The maximum atomic E-state index is 6.53. The smallest absolute Gasteiger partial charge is 0.160 e. The van der Waals surface area contributed by atoms with Crippen LogP contribution in [0.25, 0.3) is 122 Å². The second kappa shape index (κ2) is 13.1. The number of hydrogen-bond acceptors (Lipinski definition) is 3. The van der Waals surface area contributed by atoms with Gasteiger partial charge in [-0.2, -0.15) is 0 Å². The van der Waals surface area contributed by atoms with E-state index in [-0.39, 0.29) is 0 Å². The molecule has 0 fully saturated rings. The topological polar surface area (TPSA) is 48.8 Å². The van der Waals surface area contributed by atoms with Crippen LogP contribution in [0.15, 0.2) is 211 Å². The predicted molar refractivity (Wildman–Crippen MR) is 252 cm³/mol. The molecular weight excluding hydrogens is 745 g/mol. The van der Waals surface area contributed by atoms with Gasteiger partial charge in [0.05, 0.1) is 33.3 Å². The number of rotatable bonds is 5. The Morgan fingerprint density at radius 3 is 1.89 bits per heavy atom. The van der Waals surface area contributed by atoms with Gasteiger partial charge < -0.3 is 13.6 Å². The summed E-state index contributed by atoms with van der Waals surface area (Å²) in [7, 11) is 0. The van der Waals surface area contributed by atoms with Gasteiger partial charge in [0.1, 0.15) is 11.2 Å². The summed E-state index contributed by atoms with van der Waals surface area (Å²) in [6, 6.07) is 73.1. The zero-order valence-electron chi connectivity index (χ0n) is 32.8. The molecule has 5 heteroatoms. The van der Waals surface area contributed by atoms with Gasteiger partial charge in [0.2, 0.25) is 0 Å². The van der Waals surface area contributed by atoms with Crippen molar-refractivity contribution in [3.63, 3.8) is 0 Å². The molecule has 0 radical (unpaired) electrons. The van der Waals surface area contributed by atoms with Crippen molar-refractivity contribution in [3.05, 3.63) is 206 Å². The van der Waals surface area contributed by atoms with Crippen LogP contribution in [0.4, 0.5) is 0 Å². The molecule has 0 saturated heterocycles. The number of hydrogen-bond donors (Lipinski definition) is 0. The quantitative estimate of drug-likeness (QED) is 0.175. The summed E-state index contributed by atoms with van der Waals surface area (Å²) in [5, 5.41) is 8.05. The summed E-state index contributed by atoms with van der Waals surface area (Å²) in [4.78, 5) is 10.2. The van der Waals surface area contributed by atoms with E-state index in [1.54, 1.807) is 0 Å². The van der Waals surface area contributed by atoms with Gasteiger partial charge in [-0.3, -0.25) is 0 Å². The Morgan fingerprint density at radius 1 is 0.344 bits per heavy atom. The molecule has 284 valence electrons. The first-order valence-corrected chi connectivity index (χ1v) is 20.7. The number of para-hydroxylation sites is 3. The van der Waals surface area contributed by atoms with Crippen molar-refractivity contribution in [2.24, 2.45) is 0 Å². The highest BCUT2D eigenvalue weighted by Gasteiger charge is 2.23. The van der Waals surface area contributed by atoms with Crippen LogP contribution in [0.5, 0.6) is 0 Å². The van der Waals surface area contributed by atoms with E-state index in [9.17, 15) is 0 Å². The van der Waals surface area contributed by atoms with E-state index in [2.05, 4.69) is 191 Å². The Morgan fingerprint density at radius 2 is 1.05 bits per heavy atom. The number of aromatic nitrogens is 4. The van der Waals surface area contributed by atoms with Gasteiger partial charge >= 0.3 is 0 Å².